The van der Waals surface area contributed by atoms with Crippen LogP contribution in [-0.2, 0) is 0 Å². The molecule has 3 heteroatoms. The van der Waals surface area contributed by atoms with Crippen molar-refractivity contribution in [2.75, 3.05) is 7.11 Å². The van der Waals surface area contributed by atoms with Gasteiger partial charge in [-0.1, -0.05) is 18.2 Å². The number of aromatic nitrogens is 1. The molecule has 0 aliphatic carbocycles. The number of nitrogens with zero attached hydrogens (tertiary/aromatic N) is 1. The maximum atomic E-state index is 10.9. The van der Waals surface area contributed by atoms with Crippen molar-refractivity contribution in [3.05, 3.63) is 47.2 Å². The molecular weight excluding hydrogens is 226 g/mol. The van der Waals surface area contributed by atoms with Crippen LogP contribution < -0.4 is 4.74 Å². The first-order valence-corrected chi connectivity index (χ1v) is 5.74. The Hall–Kier alpha value is -2.16. The highest BCUT2D eigenvalue weighted by Crippen LogP contribution is 2.32. The molecule has 0 N–H and O–H groups in total. The Morgan fingerprint density at radius 2 is 1.78 bits per heavy atom. The van der Waals surface area contributed by atoms with Crippen molar-refractivity contribution in [1.29, 1.82) is 0 Å². The van der Waals surface area contributed by atoms with Crippen LogP contribution >= 0.6 is 0 Å². The lowest BCUT2D eigenvalue weighted by molar-refractivity contribution is 0.111. The Kier molecular flexibility index (Phi) is 3.42. The smallest absolute Gasteiger partial charge is 0.168 e. The van der Waals surface area contributed by atoms with Crippen LogP contribution in [0.5, 0.6) is 5.75 Å². The molecule has 0 unspecified atom stereocenters. The number of rotatable bonds is 3. The third-order valence-corrected chi connectivity index (χ3v) is 2.94. The molecule has 0 spiro atoms. The molecule has 0 fully saturated rings. The van der Waals surface area contributed by atoms with Gasteiger partial charge in [0.1, 0.15) is 17.1 Å². The van der Waals surface area contributed by atoms with Gasteiger partial charge in [-0.25, -0.2) is 4.98 Å². The zero-order chi connectivity index (χ0) is 13.1. The highest BCUT2D eigenvalue weighted by atomic mass is 16.5. The zero-order valence-electron chi connectivity index (χ0n) is 10.7. The standard InChI is InChI=1S/C15H15NO2/c1-10-5-4-6-11(2)14(10)15-13(18-3)8-7-12(9-17)16-15/h4-9H,1-3H3. The molecule has 0 saturated heterocycles. The molecular formula is C15H15NO2. The van der Waals surface area contributed by atoms with Crippen LogP contribution in [0.15, 0.2) is 30.3 Å². The number of methoxy groups -OCH3 is 1. The van der Waals surface area contributed by atoms with Gasteiger partial charge in [0, 0.05) is 5.56 Å². The zero-order valence-corrected chi connectivity index (χ0v) is 10.7. The fraction of sp³-hybridized carbons (Fsp3) is 0.200. The van der Waals surface area contributed by atoms with Crippen LogP contribution in [0.3, 0.4) is 0 Å². The van der Waals surface area contributed by atoms with Crippen LogP contribution in [0.4, 0.5) is 0 Å². The van der Waals surface area contributed by atoms with Gasteiger partial charge in [-0.3, -0.25) is 4.79 Å². The molecule has 0 atom stereocenters. The van der Waals surface area contributed by atoms with Crippen molar-refractivity contribution < 1.29 is 9.53 Å². The summed E-state index contributed by atoms with van der Waals surface area (Å²) in [6, 6.07) is 9.49. The molecule has 0 amide bonds. The van der Waals surface area contributed by atoms with Crippen molar-refractivity contribution in [3.8, 4) is 17.0 Å². The molecule has 2 aromatic rings. The van der Waals surface area contributed by atoms with Gasteiger partial charge in [0.2, 0.25) is 0 Å². The fourth-order valence-electron chi connectivity index (χ4n) is 2.06. The minimum Gasteiger partial charge on any atom is -0.494 e. The van der Waals surface area contributed by atoms with Crippen LogP contribution in [0, 0.1) is 13.8 Å². The second-order valence-corrected chi connectivity index (χ2v) is 4.17. The van der Waals surface area contributed by atoms with E-state index in [0.717, 1.165) is 28.7 Å². The molecule has 18 heavy (non-hydrogen) atoms. The first kappa shape index (κ1) is 12.3. The van der Waals surface area contributed by atoms with E-state index < -0.39 is 0 Å². The maximum absolute atomic E-state index is 10.9. The quantitative estimate of drug-likeness (QED) is 0.775. The van der Waals surface area contributed by atoms with Gasteiger partial charge in [-0.2, -0.15) is 0 Å². The number of carbonyl (C=O) groups excluding carboxylic acids is 1. The predicted molar refractivity (Wildman–Crippen MR) is 71.1 cm³/mol. The molecule has 0 aliphatic heterocycles. The first-order valence-electron chi connectivity index (χ1n) is 5.74. The highest BCUT2D eigenvalue weighted by Gasteiger charge is 2.13. The summed E-state index contributed by atoms with van der Waals surface area (Å²) >= 11 is 0. The summed E-state index contributed by atoms with van der Waals surface area (Å²) in [7, 11) is 1.61. The molecule has 0 radical (unpaired) electrons. The van der Waals surface area contributed by atoms with E-state index in [1.165, 1.54) is 0 Å². The Morgan fingerprint density at radius 3 is 2.33 bits per heavy atom. The van der Waals surface area contributed by atoms with Crippen LogP contribution in [0.2, 0.25) is 0 Å². The maximum Gasteiger partial charge on any atom is 0.168 e. The van der Waals surface area contributed by atoms with Crippen LogP contribution in [0.25, 0.3) is 11.3 Å². The van der Waals surface area contributed by atoms with E-state index in [4.69, 9.17) is 4.74 Å². The average molecular weight is 241 g/mol. The van der Waals surface area contributed by atoms with Gasteiger partial charge in [-0.15, -0.1) is 0 Å². The second kappa shape index (κ2) is 5.00. The lowest BCUT2D eigenvalue weighted by atomic mass is 9.99. The lowest BCUT2D eigenvalue weighted by Crippen LogP contribution is -1.98. The highest BCUT2D eigenvalue weighted by molar-refractivity contribution is 5.78. The van der Waals surface area contributed by atoms with Crippen molar-refractivity contribution in [2.45, 2.75) is 13.8 Å². The molecule has 92 valence electrons. The summed E-state index contributed by atoms with van der Waals surface area (Å²) in [5, 5.41) is 0. The Bertz CT molecular complexity index is 571. The molecule has 1 aromatic carbocycles. The van der Waals surface area contributed by atoms with E-state index in [9.17, 15) is 4.79 Å². The monoisotopic (exact) mass is 241 g/mol. The Labute approximate surface area is 106 Å². The van der Waals surface area contributed by atoms with Crippen LogP contribution in [-0.4, -0.2) is 18.4 Å². The predicted octanol–water partition coefficient (Wildman–Crippen LogP) is 3.19. The van der Waals surface area contributed by atoms with E-state index >= 15 is 0 Å². The van der Waals surface area contributed by atoms with Crippen molar-refractivity contribution >= 4 is 6.29 Å². The summed E-state index contributed by atoms with van der Waals surface area (Å²) in [5.41, 5.74) is 4.39. The molecule has 0 aliphatic rings. The van der Waals surface area contributed by atoms with Gasteiger partial charge in [-0.05, 0) is 37.1 Å². The van der Waals surface area contributed by atoms with E-state index in [1.807, 2.05) is 32.0 Å². The third-order valence-electron chi connectivity index (χ3n) is 2.94. The number of benzene rings is 1. The second-order valence-electron chi connectivity index (χ2n) is 4.17. The molecule has 1 aromatic heterocycles. The SMILES string of the molecule is COc1ccc(C=O)nc1-c1c(C)cccc1C. The molecule has 1 heterocycles. The Balaban J connectivity index is 2.72. The summed E-state index contributed by atoms with van der Waals surface area (Å²) in [6.07, 6.45) is 0.747. The molecule has 3 nitrogen and oxygen atoms in total. The van der Waals surface area contributed by atoms with Gasteiger partial charge in [0.15, 0.2) is 6.29 Å². The van der Waals surface area contributed by atoms with Gasteiger partial charge in [0.05, 0.1) is 7.11 Å². The summed E-state index contributed by atoms with van der Waals surface area (Å²) < 4.78 is 5.33. The minimum absolute atomic E-state index is 0.411. The van der Waals surface area contributed by atoms with Crippen LogP contribution in [0.1, 0.15) is 21.6 Å². The third kappa shape index (κ3) is 2.12. The Morgan fingerprint density at radius 1 is 1.11 bits per heavy atom. The number of aryl methyl sites for hydroxylation is 2. The molecule has 0 saturated carbocycles. The van der Waals surface area contributed by atoms with Crippen molar-refractivity contribution in [2.24, 2.45) is 0 Å². The number of aldehydes is 1. The summed E-state index contributed by atoms with van der Waals surface area (Å²) in [6.45, 7) is 4.05. The average Bonchev–Trinajstić information content (AvgIpc) is 2.38. The normalized spacial score (nSPS) is 10.2. The van der Waals surface area contributed by atoms with E-state index in [0.29, 0.717) is 11.4 Å². The number of hydrogen-bond donors (Lipinski definition) is 0. The number of hydrogen-bond acceptors (Lipinski definition) is 3. The van der Waals surface area contributed by atoms with Crippen molar-refractivity contribution in [1.82, 2.24) is 4.98 Å². The molecule has 0 bridgehead atoms. The molecule has 2 rings (SSSR count). The van der Waals surface area contributed by atoms with E-state index in [-0.39, 0.29) is 0 Å². The fourth-order valence-corrected chi connectivity index (χ4v) is 2.06. The van der Waals surface area contributed by atoms with Gasteiger partial charge < -0.3 is 4.74 Å². The van der Waals surface area contributed by atoms with E-state index in [2.05, 4.69) is 4.98 Å². The van der Waals surface area contributed by atoms with Gasteiger partial charge in [0.25, 0.3) is 0 Å². The lowest BCUT2D eigenvalue weighted by Gasteiger charge is -2.13. The van der Waals surface area contributed by atoms with Crippen molar-refractivity contribution in [3.63, 3.8) is 0 Å². The largest absolute Gasteiger partial charge is 0.494 e. The van der Waals surface area contributed by atoms with E-state index in [1.54, 1.807) is 19.2 Å². The number of carbonyl (C=O) groups is 1. The first-order chi connectivity index (χ1) is 8.67. The van der Waals surface area contributed by atoms with Gasteiger partial charge >= 0.3 is 0 Å². The summed E-state index contributed by atoms with van der Waals surface area (Å²) in [5.74, 6) is 0.679. The number of ether oxygens (including phenoxy) is 1. The number of pyridine rings is 1. The minimum atomic E-state index is 0.411. The topological polar surface area (TPSA) is 39.2 Å². The summed E-state index contributed by atoms with van der Waals surface area (Å²) in [4.78, 5) is 15.2.